The molecule has 1 amide bonds. The molecule has 0 radical (unpaired) electrons. The number of carbonyl (C=O) groups is 1. The van der Waals surface area contributed by atoms with Gasteiger partial charge in [0.15, 0.2) is 0 Å². The van der Waals surface area contributed by atoms with E-state index in [1.807, 2.05) is 7.05 Å². The minimum Gasteiger partial charge on any atom is -0.352 e. The maximum Gasteiger partial charge on any atom is 0.234 e. The van der Waals surface area contributed by atoms with Crippen molar-refractivity contribution >= 4 is 30.7 Å². The molecule has 0 aromatic carbocycles. The normalized spacial score (nSPS) is 31.0. The molecule has 2 rings (SSSR count). The molecule has 21 heavy (non-hydrogen) atoms. The van der Waals surface area contributed by atoms with Crippen LogP contribution in [-0.2, 0) is 4.79 Å². The Morgan fingerprint density at radius 2 is 1.81 bits per heavy atom. The minimum absolute atomic E-state index is 0. The van der Waals surface area contributed by atoms with Crippen LogP contribution in [0.5, 0.6) is 0 Å². The fourth-order valence-corrected chi connectivity index (χ4v) is 3.96. The average molecular weight is 340 g/mol. The molecule has 126 valence electrons. The first kappa shape index (κ1) is 21.0. The third-order valence-corrected chi connectivity index (χ3v) is 4.72. The topological polar surface area (TPSA) is 58.4 Å². The van der Waals surface area contributed by atoms with E-state index in [2.05, 4.69) is 17.1 Å². The van der Waals surface area contributed by atoms with Gasteiger partial charge in [0.2, 0.25) is 5.91 Å². The molecule has 2 fully saturated rings. The maximum absolute atomic E-state index is 12.1. The number of hydrogen-bond donors (Lipinski definition) is 2. The summed E-state index contributed by atoms with van der Waals surface area (Å²) in [5.74, 6) is 1.42. The molecule has 3 N–H and O–H groups in total. The first-order valence-corrected chi connectivity index (χ1v) is 7.83. The summed E-state index contributed by atoms with van der Waals surface area (Å²) in [6.07, 6.45) is 7.05. The van der Waals surface area contributed by atoms with Gasteiger partial charge in [-0.2, -0.15) is 0 Å². The number of rotatable bonds is 5. The number of likely N-dealkylation sites (N-methyl/N-ethyl adjacent to an activating group) is 1. The van der Waals surface area contributed by atoms with Gasteiger partial charge < -0.3 is 11.1 Å². The first-order valence-electron chi connectivity index (χ1n) is 7.83. The van der Waals surface area contributed by atoms with Crippen molar-refractivity contribution in [2.75, 3.05) is 20.1 Å². The summed E-state index contributed by atoms with van der Waals surface area (Å²) >= 11 is 0. The molecule has 2 aliphatic rings. The van der Waals surface area contributed by atoms with Crippen molar-refractivity contribution in [1.29, 1.82) is 0 Å². The highest BCUT2D eigenvalue weighted by molar-refractivity contribution is 5.85. The van der Waals surface area contributed by atoms with Gasteiger partial charge >= 0.3 is 0 Å². The number of amides is 1. The molecule has 2 bridgehead atoms. The monoisotopic (exact) mass is 339 g/mol. The van der Waals surface area contributed by atoms with Crippen LogP contribution in [0.3, 0.4) is 0 Å². The van der Waals surface area contributed by atoms with Crippen molar-refractivity contribution in [3.63, 3.8) is 0 Å². The largest absolute Gasteiger partial charge is 0.352 e. The van der Waals surface area contributed by atoms with Crippen LogP contribution in [0.1, 0.15) is 45.4 Å². The molecule has 0 aromatic heterocycles. The number of halogens is 2. The second-order valence-corrected chi connectivity index (χ2v) is 6.51. The Kier molecular flexibility index (Phi) is 9.87. The van der Waals surface area contributed by atoms with Gasteiger partial charge in [0, 0.05) is 12.1 Å². The molecule has 0 heterocycles. The third-order valence-electron chi connectivity index (χ3n) is 4.72. The first-order chi connectivity index (χ1) is 9.10. The Labute approximate surface area is 141 Å². The molecular weight excluding hydrogens is 309 g/mol. The van der Waals surface area contributed by atoms with Gasteiger partial charge in [-0.25, -0.2) is 0 Å². The molecule has 0 saturated heterocycles. The van der Waals surface area contributed by atoms with Crippen LogP contribution in [0.25, 0.3) is 0 Å². The maximum atomic E-state index is 12.1. The highest BCUT2D eigenvalue weighted by atomic mass is 35.5. The van der Waals surface area contributed by atoms with E-state index in [0.29, 0.717) is 30.5 Å². The van der Waals surface area contributed by atoms with Gasteiger partial charge in [0.25, 0.3) is 0 Å². The van der Waals surface area contributed by atoms with E-state index in [-0.39, 0.29) is 30.7 Å². The highest BCUT2D eigenvalue weighted by Crippen LogP contribution is 2.39. The lowest BCUT2D eigenvalue weighted by molar-refractivity contribution is -0.124. The summed E-state index contributed by atoms with van der Waals surface area (Å²) < 4.78 is 0. The van der Waals surface area contributed by atoms with E-state index in [0.717, 1.165) is 25.8 Å². The Bertz CT molecular complexity index is 303. The summed E-state index contributed by atoms with van der Waals surface area (Å²) in [4.78, 5) is 14.2. The molecule has 0 aromatic rings. The van der Waals surface area contributed by atoms with Crippen LogP contribution in [-0.4, -0.2) is 43.0 Å². The number of hydrogen-bond acceptors (Lipinski definition) is 3. The second-order valence-electron chi connectivity index (χ2n) is 6.51. The molecule has 2 unspecified atom stereocenters. The number of fused-ring (bicyclic) bond motifs is 2. The van der Waals surface area contributed by atoms with Crippen molar-refractivity contribution in [2.24, 2.45) is 17.6 Å². The van der Waals surface area contributed by atoms with Crippen LogP contribution in [0, 0.1) is 11.8 Å². The summed E-state index contributed by atoms with van der Waals surface area (Å²) in [5.41, 5.74) is 6.12. The van der Waals surface area contributed by atoms with Gasteiger partial charge in [0.05, 0.1) is 6.54 Å². The predicted octanol–water partition coefficient (Wildman–Crippen LogP) is 2.19. The van der Waals surface area contributed by atoms with Gasteiger partial charge in [-0.3, -0.25) is 9.69 Å². The molecule has 6 heteroatoms. The highest BCUT2D eigenvalue weighted by Gasteiger charge is 2.39. The zero-order valence-electron chi connectivity index (χ0n) is 13.2. The molecule has 0 aliphatic heterocycles. The molecule has 2 saturated carbocycles. The number of carbonyl (C=O) groups excluding carboxylic acids is 1. The number of nitrogens with two attached hydrogens (primary N) is 1. The van der Waals surface area contributed by atoms with Crippen LogP contribution in [0.4, 0.5) is 0 Å². The quantitative estimate of drug-likeness (QED) is 0.807. The molecule has 0 spiro atoms. The van der Waals surface area contributed by atoms with E-state index in [1.165, 1.54) is 19.3 Å². The second kappa shape index (κ2) is 9.88. The molecule has 2 aliphatic carbocycles. The zero-order valence-corrected chi connectivity index (χ0v) is 14.8. The Morgan fingerprint density at radius 1 is 1.24 bits per heavy atom. The lowest BCUT2D eigenvalue weighted by atomic mass is 9.67. The SMILES string of the molecule is CCCN(C)CC(=O)NC1C2CCCC1CC(N)C2.Cl.Cl. The van der Waals surface area contributed by atoms with E-state index >= 15 is 0 Å². The number of nitrogens with zero attached hydrogens (tertiary/aromatic N) is 1. The lowest BCUT2D eigenvalue weighted by Gasteiger charge is -2.45. The van der Waals surface area contributed by atoms with Gasteiger partial charge in [-0.05, 0) is 57.5 Å². The standard InChI is InChI=1S/C15H29N3O.2ClH/c1-3-7-18(2)10-14(19)17-15-11-5-4-6-12(15)9-13(16)8-11;;/h11-13,15H,3-10,16H2,1-2H3,(H,17,19);2*1H. The van der Waals surface area contributed by atoms with Crippen LogP contribution < -0.4 is 11.1 Å². The zero-order chi connectivity index (χ0) is 13.8. The van der Waals surface area contributed by atoms with Gasteiger partial charge in [-0.15, -0.1) is 24.8 Å². The van der Waals surface area contributed by atoms with E-state index in [9.17, 15) is 4.79 Å². The van der Waals surface area contributed by atoms with Gasteiger partial charge in [0.1, 0.15) is 0 Å². The van der Waals surface area contributed by atoms with E-state index < -0.39 is 0 Å². The lowest BCUT2D eigenvalue weighted by Crippen LogP contribution is -2.55. The average Bonchev–Trinajstić information content (AvgIpc) is 2.30. The third kappa shape index (κ3) is 5.93. The van der Waals surface area contributed by atoms with Crippen LogP contribution >= 0.6 is 24.8 Å². The van der Waals surface area contributed by atoms with Crippen LogP contribution in [0.15, 0.2) is 0 Å². The number of nitrogens with one attached hydrogen (secondary N) is 1. The van der Waals surface area contributed by atoms with Crippen molar-refractivity contribution in [1.82, 2.24) is 10.2 Å². The summed E-state index contributed by atoms with van der Waals surface area (Å²) in [7, 11) is 2.01. The van der Waals surface area contributed by atoms with Crippen molar-refractivity contribution in [3.05, 3.63) is 0 Å². The van der Waals surface area contributed by atoms with Gasteiger partial charge in [-0.1, -0.05) is 13.3 Å². The van der Waals surface area contributed by atoms with Crippen molar-refractivity contribution in [2.45, 2.75) is 57.5 Å². The summed E-state index contributed by atoms with van der Waals surface area (Å²) in [6.45, 7) is 3.65. The molecular formula is C15H31Cl2N3O. The fourth-order valence-electron chi connectivity index (χ4n) is 3.96. The predicted molar refractivity (Wildman–Crippen MR) is 92.3 cm³/mol. The van der Waals surface area contributed by atoms with E-state index in [4.69, 9.17) is 5.73 Å². The summed E-state index contributed by atoms with van der Waals surface area (Å²) in [5, 5.41) is 3.29. The fraction of sp³-hybridized carbons (Fsp3) is 0.933. The van der Waals surface area contributed by atoms with E-state index in [1.54, 1.807) is 0 Å². The Hall–Kier alpha value is -0.0300. The van der Waals surface area contributed by atoms with Crippen molar-refractivity contribution in [3.8, 4) is 0 Å². The van der Waals surface area contributed by atoms with Crippen LogP contribution in [0.2, 0.25) is 0 Å². The smallest absolute Gasteiger partial charge is 0.234 e. The molecule has 4 nitrogen and oxygen atoms in total. The minimum atomic E-state index is 0. The Balaban J connectivity index is 0.00000200. The van der Waals surface area contributed by atoms with Crippen molar-refractivity contribution < 1.29 is 4.79 Å². The molecule has 2 atom stereocenters. The summed E-state index contributed by atoms with van der Waals surface area (Å²) in [6, 6.07) is 0.738. The Morgan fingerprint density at radius 3 is 2.33 bits per heavy atom.